The van der Waals surface area contributed by atoms with Crippen molar-refractivity contribution in [3.63, 3.8) is 0 Å². The average molecular weight is 179 g/mol. The van der Waals surface area contributed by atoms with E-state index in [0.717, 1.165) is 11.3 Å². The second-order valence-corrected chi connectivity index (χ2v) is 3.02. The highest BCUT2D eigenvalue weighted by molar-refractivity contribution is 5.87. The molecule has 0 fully saturated rings. The topological polar surface area (TPSA) is 57.8 Å². The molecule has 1 aromatic heterocycles. The van der Waals surface area contributed by atoms with Crippen LogP contribution in [-0.4, -0.2) is 16.1 Å². The van der Waals surface area contributed by atoms with Crippen molar-refractivity contribution in [3.05, 3.63) is 29.6 Å². The fraction of sp³-hybridized carbons (Fsp3) is 0.333. The molecule has 0 radical (unpaired) electrons. The minimum atomic E-state index is -0.0744. The molecule has 4 heteroatoms. The zero-order chi connectivity index (χ0) is 9.68. The van der Waals surface area contributed by atoms with Gasteiger partial charge in [0.15, 0.2) is 0 Å². The van der Waals surface area contributed by atoms with E-state index in [9.17, 15) is 4.79 Å². The summed E-state index contributed by atoms with van der Waals surface area (Å²) in [5, 5.41) is 9.26. The van der Waals surface area contributed by atoms with Gasteiger partial charge in [-0.05, 0) is 19.9 Å². The molecule has 70 valence electrons. The van der Waals surface area contributed by atoms with Crippen molar-refractivity contribution in [1.82, 2.24) is 15.5 Å². The summed E-state index contributed by atoms with van der Waals surface area (Å²) in [5.41, 5.74) is 1.89. The number of carbonyl (C=O) groups excluding carboxylic acids is 1. The summed E-state index contributed by atoms with van der Waals surface area (Å²) in [4.78, 5) is 11.1. The first-order chi connectivity index (χ1) is 6.18. The van der Waals surface area contributed by atoms with Gasteiger partial charge in [0.2, 0.25) is 5.91 Å². The third kappa shape index (κ3) is 3.55. The van der Waals surface area contributed by atoms with E-state index in [1.165, 1.54) is 0 Å². The summed E-state index contributed by atoms with van der Waals surface area (Å²) in [6, 6.07) is 1.82. The Morgan fingerprint density at radius 2 is 2.46 bits per heavy atom. The molecule has 0 aromatic carbocycles. The van der Waals surface area contributed by atoms with Crippen LogP contribution in [0, 0.1) is 0 Å². The summed E-state index contributed by atoms with van der Waals surface area (Å²) in [7, 11) is 0. The van der Waals surface area contributed by atoms with Crippen molar-refractivity contribution in [2.45, 2.75) is 20.4 Å². The Bertz CT molecular complexity index is 297. The van der Waals surface area contributed by atoms with Crippen molar-refractivity contribution < 1.29 is 4.79 Å². The summed E-state index contributed by atoms with van der Waals surface area (Å²) < 4.78 is 0. The van der Waals surface area contributed by atoms with Crippen LogP contribution in [0.25, 0.3) is 0 Å². The second kappa shape index (κ2) is 4.45. The van der Waals surface area contributed by atoms with E-state index in [1.807, 2.05) is 19.9 Å². The minimum Gasteiger partial charge on any atom is -0.347 e. The zero-order valence-corrected chi connectivity index (χ0v) is 7.79. The van der Waals surface area contributed by atoms with Gasteiger partial charge in [-0.3, -0.25) is 9.89 Å². The van der Waals surface area contributed by atoms with Crippen LogP contribution in [0.4, 0.5) is 0 Å². The molecule has 1 aromatic rings. The number of H-pyrrole nitrogens is 1. The molecular weight excluding hydrogens is 166 g/mol. The van der Waals surface area contributed by atoms with Crippen molar-refractivity contribution in [3.8, 4) is 0 Å². The van der Waals surface area contributed by atoms with Gasteiger partial charge < -0.3 is 5.32 Å². The van der Waals surface area contributed by atoms with Crippen LogP contribution < -0.4 is 5.32 Å². The summed E-state index contributed by atoms with van der Waals surface area (Å²) in [6.45, 7) is 4.26. The predicted octanol–water partition coefficient (Wildman–Crippen LogP) is 0.992. The van der Waals surface area contributed by atoms with E-state index in [2.05, 4.69) is 15.5 Å². The van der Waals surface area contributed by atoms with E-state index in [1.54, 1.807) is 12.3 Å². The number of carbonyl (C=O) groups is 1. The SMILES string of the molecule is CC(C)=CC(=O)NCc1ccn[nH]1. The fourth-order valence-electron chi connectivity index (χ4n) is 0.879. The van der Waals surface area contributed by atoms with E-state index >= 15 is 0 Å². The van der Waals surface area contributed by atoms with Gasteiger partial charge in [0.25, 0.3) is 0 Å². The van der Waals surface area contributed by atoms with E-state index in [0.29, 0.717) is 6.54 Å². The van der Waals surface area contributed by atoms with Gasteiger partial charge in [-0.1, -0.05) is 5.57 Å². The molecule has 0 atom stereocenters. The molecule has 4 nitrogen and oxygen atoms in total. The number of hydrogen-bond donors (Lipinski definition) is 2. The van der Waals surface area contributed by atoms with Crippen LogP contribution in [0.15, 0.2) is 23.9 Å². The number of aromatic amines is 1. The number of hydrogen-bond acceptors (Lipinski definition) is 2. The van der Waals surface area contributed by atoms with Gasteiger partial charge in [-0.2, -0.15) is 5.10 Å². The van der Waals surface area contributed by atoms with Gasteiger partial charge in [-0.25, -0.2) is 0 Å². The molecule has 0 bridgehead atoms. The highest BCUT2D eigenvalue weighted by Gasteiger charge is 1.97. The maximum atomic E-state index is 11.1. The van der Waals surface area contributed by atoms with Gasteiger partial charge in [0.05, 0.1) is 12.2 Å². The molecule has 1 heterocycles. The molecule has 13 heavy (non-hydrogen) atoms. The van der Waals surface area contributed by atoms with E-state index in [4.69, 9.17) is 0 Å². The fourth-order valence-corrected chi connectivity index (χ4v) is 0.879. The van der Waals surface area contributed by atoms with Crippen molar-refractivity contribution in [1.29, 1.82) is 0 Å². The van der Waals surface area contributed by atoms with E-state index < -0.39 is 0 Å². The van der Waals surface area contributed by atoms with Crippen molar-refractivity contribution >= 4 is 5.91 Å². The molecule has 0 saturated heterocycles. The van der Waals surface area contributed by atoms with Crippen molar-refractivity contribution in [2.24, 2.45) is 0 Å². The molecule has 1 rings (SSSR count). The average Bonchev–Trinajstić information content (AvgIpc) is 2.51. The first-order valence-electron chi connectivity index (χ1n) is 4.09. The molecule has 2 N–H and O–H groups in total. The first kappa shape index (κ1) is 9.51. The predicted molar refractivity (Wildman–Crippen MR) is 49.9 cm³/mol. The molecule has 0 aliphatic rings. The molecule has 0 aliphatic heterocycles. The molecule has 0 aliphatic carbocycles. The van der Waals surface area contributed by atoms with Gasteiger partial charge >= 0.3 is 0 Å². The summed E-state index contributed by atoms with van der Waals surface area (Å²) in [6.07, 6.45) is 3.22. The Kier molecular flexibility index (Phi) is 3.25. The lowest BCUT2D eigenvalue weighted by molar-refractivity contribution is -0.116. The molecule has 0 saturated carbocycles. The minimum absolute atomic E-state index is 0.0744. The third-order valence-electron chi connectivity index (χ3n) is 1.43. The highest BCUT2D eigenvalue weighted by atomic mass is 16.1. The smallest absolute Gasteiger partial charge is 0.244 e. The monoisotopic (exact) mass is 179 g/mol. The van der Waals surface area contributed by atoms with Gasteiger partial charge in [0.1, 0.15) is 0 Å². The number of nitrogens with one attached hydrogen (secondary N) is 2. The van der Waals surface area contributed by atoms with Gasteiger partial charge in [0, 0.05) is 12.3 Å². The van der Waals surface area contributed by atoms with Gasteiger partial charge in [-0.15, -0.1) is 0 Å². The lowest BCUT2D eigenvalue weighted by atomic mass is 10.3. The Balaban J connectivity index is 2.35. The Morgan fingerprint density at radius 1 is 1.69 bits per heavy atom. The molecular formula is C9H13N3O. The second-order valence-electron chi connectivity index (χ2n) is 3.02. The Labute approximate surface area is 77.0 Å². The lowest BCUT2D eigenvalue weighted by Crippen LogP contribution is -2.20. The zero-order valence-electron chi connectivity index (χ0n) is 7.79. The van der Waals surface area contributed by atoms with Crippen LogP contribution in [0.3, 0.4) is 0 Å². The molecule has 0 spiro atoms. The lowest BCUT2D eigenvalue weighted by Gasteiger charge is -1.98. The van der Waals surface area contributed by atoms with Crippen molar-refractivity contribution in [2.75, 3.05) is 0 Å². The van der Waals surface area contributed by atoms with Crippen LogP contribution in [-0.2, 0) is 11.3 Å². The Morgan fingerprint density at radius 3 is 3.00 bits per heavy atom. The van der Waals surface area contributed by atoms with Crippen LogP contribution in [0.5, 0.6) is 0 Å². The normalized spacial score (nSPS) is 9.38. The number of aromatic nitrogens is 2. The third-order valence-corrected chi connectivity index (χ3v) is 1.43. The largest absolute Gasteiger partial charge is 0.347 e. The molecule has 0 unspecified atom stereocenters. The van der Waals surface area contributed by atoms with Crippen LogP contribution in [0.1, 0.15) is 19.5 Å². The Hall–Kier alpha value is -1.58. The van der Waals surface area contributed by atoms with Crippen LogP contribution >= 0.6 is 0 Å². The summed E-state index contributed by atoms with van der Waals surface area (Å²) >= 11 is 0. The number of allylic oxidation sites excluding steroid dienone is 1. The maximum Gasteiger partial charge on any atom is 0.244 e. The quantitative estimate of drug-likeness (QED) is 0.680. The number of nitrogens with zero attached hydrogens (tertiary/aromatic N) is 1. The highest BCUT2D eigenvalue weighted by Crippen LogP contribution is 1.91. The maximum absolute atomic E-state index is 11.1. The first-order valence-corrected chi connectivity index (χ1v) is 4.09. The standard InChI is InChI=1S/C9H13N3O/c1-7(2)5-9(13)10-6-8-3-4-11-12-8/h3-5H,6H2,1-2H3,(H,10,13)(H,11,12). The van der Waals surface area contributed by atoms with Crippen LogP contribution in [0.2, 0.25) is 0 Å². The summed E-state index contributed by atoms with van der Waals surface area (Å²) in [5.74, 6) is -0.0744. The molecule has 1 amide bonds. The number of rotatable bonds is 3. The van der Waals surface area contributed by atoms with E-state index in [-0.39, 0.29) is 5.91 Å². The number of amides is 1.